The Bertz CT molecular complexity index is 325. The number of benzene rings is 1. The third-order valence-electron chi connectivity index (χ3n) is 2.76. The third kappa shape index (κ3) is 3.04. The fourth-order valence-electron chi connectivity index (χ4n) is 1.84. The fourth-order valence-corrected chi connectivity index (χ4v) is 1.84. The molecule has 1 aromatic rings. The summed E-state index contributed by atoms with van der Waals surface area (Å²) in [4.78, 5) is 0. The van der Waals surface area contributed by atoms with Crippen LogP contribution in [-0.2, 0) is 0 Å². The van der Waals surface area contributed by atoms with Crippen molar-refractivity contribution >= 4 is 0 Å². The lowest BCUT2D eigenvalue weighted by atomic mass is 9.91. The highest BCUT2D eigenvalue weighted by molar-refractivity contribution is 5.32. The summed E-state index contributed by atoms with van der Waals surface area (Å²) in [6, 6.07) is 7.67. The summed E-state index contributed by atoms with van der Waals surface area (Å²) in [5, 5.41) is 19.8. The van der Waals surface area contributed by atoms with Gasteiger partial charge in [0.2, 0.25) is 0 Å². The molecule has 0 spiro atoms. The highest BCUT2D eigenvalue weighted by atomic mass is 16.3. The normalized spacial score (nSPS) is 15.1. The molecule has 0 saturated carbocycles. The van der Waals surface area contributed by atoms with E-state index in [2.05, 4.69) is 13.8 Å². The molecule has 2 atom stereocenters. The largest absolute Gasteiger partial charge is 0.390 e. The summed E-state index contributed by atoms with van der Waals surface area (Å²) in [6.45, 7) is 4.52. The predicted octanol–water partition coefficient (Wildman–Crippen LogP) is 1.55. The second kappa shape index (κ2) is 5.99. The second-order valence-electron chi connectivity index (χ2n) is 4.37. The summed E-state index contributed by atoms with van der Waals surface area (Å²) >= 11 is 0. The topological polar surface area (TPSA) is 66.5 Å². The molecule has 0 amide bonds. The average Bonchev–Trinajstić information content (AvgIpc) is 2.28. The number of aliphatic hydroxyl groups is 2. The lowest BCUT2D eigenvalue weighted by Crippen LogP contribution is -2.22. The van der Waals surface area contributed by atoms with E-state index in [1.165, 1.54) is 0 Å². The highest BCUT2D eigenvalue weighted by Gasteiger charge is 2.20. The van der Waals surface area contributed by atoms with Crippen molar-refractivity contribution in [1.29, 1.82) is 0 Å². The van der Waals surface area contributed by atoms with E-state index in [0.29, 0.717) is 18.9 Å². The maximum absolute atomic E-state index is 10.0. The molecule has 0 aromatic heterocycles. The van der Waals surface area contributed by atoms with Crippen LogP contribution in [0.1, 0.15) is 43.4 Å². The lowest BCUT2D eigenvalue weighted by Gasteiger charge is -2.21. The van der Waals surface area contributed by atoms with Crippen LogP contribution in [0.25, 0.3) is 0 Å². The van der Waals surface area contributed by atoms with Crippen molar-refractivity contribution in [2.75, 3.05) is 6.54 Å². The van der Waals surface area contributed by atoms with Crippen LogP contribution in [0.3, 0.4) is 0 Å². The summed E-state index contributed by atoms with van der Waals surface area (Å²) in [5.74, 6) is 0.330. The van der Waals surface area contributed by atoms with Crippen LogP contribution >= 0.6 is 0 Å². The molecule has 4 N–H and O–H groups in total. The molecule has 16 heavy (non-hydrogen) atoms. The van der Waals surface area contributed by atoms with E-state index < -0.39 is 12.2 Å². The number of nitrogens with two attached hydrogens (primary N) is 1. The van der Waals surface area contributed by atoms with E-state index in [9.17, 15) is 10.2 Å². The summed E-state index contributed by atoms with van der Waals surface area (Å²) in [5.41, 5.74) is 7.25. The zero-order valence-electron chi connectivity index (χ0n) is 9.93. The van der Waals surface area contributed by atoms with Gasteiger partial charge < -0.3 is 15.9 Å². The van der Waals surface area contributed by atoms with E-state index in [1.807, 2.05) is 24.3 Å². The Morgan fingerprint density at radius 2 is 1.69 bits per heavy atom. The fraction of sp³-hybridized carbons (Fsp3) is 0.538. The van der Waals surface area contributed by atoms with Crippen molar-refractivity contribution < 1.29 is 10.2 Å². The van der Waals surface area contributed by atoms with Crippen LogP contribution in [0.15, 0.2) is 24.3 Å². The van der Waals surface area contributed by atoms with E-state index in [1.54, 1.807) is 0 Å². The Kier molecular flexibility index (Phi) is 4.93. The minimum absolute atomic E-state index is 0.330. The molecule has 1 aromatic carbocycles. The van der Waals surface area contributed by atoms with Crippen molar-refractivity contribution in [2.24, 2.45) is 5.73 Å². The first-order valence-corrected chi connectivity index (χ1v) is 5.73. The number of rotatable bonds is 5. The molecular formula is C13H21NO2. The molecule has 0 radical (unpaired) electrons. The molecule has 1 rings (SSSR count). The Labute approximate surface area is 96.9 Å². The monoisotopic (exact) mass is 223 g/mol. The van der Waals surface area contributed by atoms with Gasteiger partial charge in [-0.1, -0.05) is 38.1 Å². The Morgan fingerprint density at radius 1 is 1.12 bits per heavy atom. The van der Waals surface area contributed by atoms with E-state index >= 15 is 0 Å². The molecule has 0 aliphatic heterocycles. The summed E-state index contributed by atoms with van der Waals surface area (Å²) < 4.78 is 0. The first kappa shape index (κ1) is 13.2. The van der Waals surface area contributed by atoms with E-state index in [-0.39, 0.29) is 0 Å². The summed E-state index contributed by atoms with van der Waals surface area (Å²) in [6.07, 6.45) is -1.22. The van der Waals surface area contributed by atoms with Gasteiger partial charge in [-0.2, -0.15) is 0 Å². The van der Waals surface area contributed by atoms with Crippen LogP contribution in [-0.4, -0.2) is 22.9 Å². The summed E-state index contributed by atoms with van der Waals surface area (Å²) in [7, 11) is 0. The SMILES string of the molecule is CC(C)c1ccccc1C(O)C(O)CCN. The Balaban J connectivity index is 2.93. The molecule has 0 saturated heterocycles. The van der Waals surface area contributed by atoms with Gasteiger partial charge in [-0.3, -0.25) is 0 Å². The Hall–Kier alpha value is -0.900. The van der Waals surface area contributed by atoms with E-state index in [0.717, 1.165) is 11.1 Å². The number of hydrogen-bond donors (Lipinski definition) is 3. The maximum atomic E-state index is 10.0. The molecular weight excluding hydrogens is 202 g/mol. The lowest BCUT2D eigenvalue weighted by molar-refractivity contribution is 0.0144. The highest BCUT2D eigenvalue weighted by Crippen LogP contribution is 2.27. The van der Waals surface area contributed by atoms with Crippen LogP contribution < -0.4 is 5.73 Å². The standard InChI is InChI=1S/C13H21NO2/c1-9(2)10-5-3-4-6-11(10)13(16)12(15)7-8-14/h3-6,9,12-13,15-16H,7-8,14H2,1-2H3. The van der Waals surface area contributed by atoms with Crippen LogP contribution in [0, 0.1) is 0 Å². The zero-order chi connectivity index (χ0) is 12.1. The van der Waals surface area contributed by atoms with Crippen LogP contribution in [0.4, 0.5) is 0 Å². The predicted molar refractivity (Wildman–Crippen MR) is 65.2 cm³/mol. The van der Waals surface area contributed by atoms with Gasteiger partial charge in [0.15, 0.2) is 0 Å². The van der Waals surface area contributed by atoms with Gasteiger partial charge in [-0.25, -0.2) is 0 Å². The molecule has 2 unspecified atom stereocenters. The van der Waals surface area contributed by atoms with Gasteiger partial charge >= 0.3 is 0 Å². The van der Waals surface area contributed by atoms with Crippen LogP contribution in [0.5, 0.6) is 0 Å². The molecule has 0 heterocycles. The van der Waals surface area contributed by atoms with Gasteiger partial charge in [0, 0.05) is 0 Å². The molecule has 0 aliphatic rings. The number of hydrogen-bond acceptors (Lipinski definition) is 3. The average molecular weight is 223 g/mol. The van der Waals surface area contributed by atoms with Gasteiger partial charge in [-0.05, 0) is 30.0 Å². The number of aliphatic hydroxyl groups excluding tert-OH is 2. The molecule has 0 fully saturated rings. The van der Waals surface area contributed by atoms with E-state index in [4.69, 9.17) is 5.73 Å². The van der Waals surface area contributed by atoms with Crippen molar-refractivity contribution in [3.63, 3.8) is 0 Å². The van der Waals surface area contributed by atoms with Gasteiger partial charge in [-0.15, -0.1) is 0 Å². The van der Waals surface area contributed by atoms with Gasteiger partial charge in [0.25, 0.3) is 0 Å². The smallest absolute Gasteiger partial charge is 0.105 e. The molecule has 0 aliphatic carbocycles. The molecule has 3 nitrogen and oxygen atoms in total. The van der Waals surface area contributed by atoms with Crippen molar-refractivity contribution in [3.8, 4) is 0 Å². The molecule has 90 valence electrons. The first-order chi connectivity index (χ1) is 7.57. The maximum Gasteiger partial charge on any atom is 0.105 e. The van der Waals surface area contributed by atoms with Crippen molar-refractivity contribution in [1.82, 2.24) is 0 Å². The van der Waals surface area contributed by atoms with Crippen molar-refractivity contribution in [3.05, 3.63) is 35.4 Å². The zero-order valence-corrected chi connectivity index (χ0v) is 9.93. The Morgan fingerprint density at radius 3 is 2.19 bits per heavy atom. The van der Waals surface area contributed by atoms with Gasteiger partial charge in [0.05, 0.1) is 6.10 Å². The first-order valence-electron chi connectivity index (χ1n) is 5.73. The van der Waals surface area contributed by atoms with Crippen molar-refractivity contribution in [2.45, 2.75) is 38.4 Å². The van der Waals surface area contributed by atoms with Gasteiger partial charge in [0.1, 0.15) is 6.10 Å². The third-order valence-corrected chi connectivity index (χ3v) is 2.76. The van der Waals surface area contributed by atoms with Crippen LogP contribution in [0.2, 0.25) is 0 Å². The molecule has 0 bridgehead atoms. The quantitative estimate of drug-likeness (QED) is 0.709. The minimum Gasteiger partial charge on any atom is -0.390 e. The minimum atomic E-state index is -0.845. The molecule has 3 heteroatoms. The second-order valence-corrected chi connectivity index (χ2v) is 4.37.